The highest BCUT2D eigenvalue weighted by atomic mass is 16.6. The molecule has 1 atom stereocenters. The number of hydrogen-bond acceptors (Lipinski definition) is 2. The Bertz CT molecular complexity index is 377. The lowest BCUT2D eigenvalue weighted by Crippen LogP contribution is -2.01. The summed E-state index contributed by atoms with van der Waals surface area (Å²) < 4.78 is 0. The second-order valence-corrected chi connectivity index (χ2v) is 4.88. The maximum absolute atomic E-state index is 10.7. The minimum absolute atomic E-state index is 0.203. The summed E-state index contributed by atoms with van der Waals surface area (Å²) in [6, 6.07) is 7.02. The summed E-state index contributed by atoms with van der Waals surface area (Å²) in [6.45, 7) is 4.45. The molecule has 0 aromatic heterocycles. The van der Waals surface area contributed by atoms with Crippen molar-refractivity contribution in [3.63, 3.8) is 0 Å². The van der Waals surface area contributed by atoms with Crippen LogP contribution in [0.1, 0.15) is 51.5 Å². The molecule has 0 saturated heterocycles. The third-order valence-electron chi connectivity index (χ3n) is 3.51. The molecule has 1 aromatic rings. The van der Waals surface area contributed by atoms with E-state index in [2.05, 4.69) is 13.8 Å². The predicted octanol–water partition coefficient (Wildman–Crippen LogP) is 4.74. The van der Waals surface area contributed by atoms with Crippen LogP contribution in [-0.4, -0.2) is 4.92 Å². The second-order valence-electron chi connectivity index (χ2n) is 4.88. The first kappa shape index (κ1) is 14.7. The van der Waals surface area contributed by atoms with Crippen molar-refractivity contribution < 1.29 is 4.92 Å². The summed E-state index contributed by atoms with van der Waals surface area (Å²) >= 11 is 0. The summed E-state index contributed by atoms with van der Waals surface area (Å²) in [6.07, 6.45) is 7.10. The highest BCUT2D eigenvalue weighted by molar-refractivity contribution is 5.34. The van der Waals surface area contributed by atoms with Crippen molar-refractivity contribution in [3.8, 4) is 0 Å². The number of benzene rings is 1. The number of unbranched alkanes of at least 4 members (excludes halogenated alkanes) is 1. The zero-order valence-electron chi connectivity index (χ0n) is 11.4. The fourth-order valence-corrected chi connectivity index (χ4v) is 2.24. The van der Waals surface area contributed by atoms with Crippen molar-refractivity contribution >= 4 is 5.69 Å². The molecule has 100 valence electrons. The third kappa shape index (κ3) is 4.86. The van der Waals surface area contributed by atoms with Crippen LogP contribution >= 0.6 is 0 Å². The van der Waals surface area contributed by atoms with Gasteiger partial charge in [0.25, 0.3) is 5.69 Å². The first-order chi connectivity index (χ1) is 8.67. The zero-order valence-corrected chi connectivity index (χ0v) is 11.4. The van der Waals surface area contributed by atoms with Gasteiger partial charge >= 0.3 is 0 Å². The van der Waals surface area contributed by atoms with E-state index >= 15 is 0 Å². The van der Waals surface area contributed by atoms with Crippen LogP contribution in [0.3, 0.4) is 0 Å². The topological polar surface area (TPSA) is 43.1 Å². The number of nitro benzene ring substituents is 1. The van der Waals surface area contributed by atoms with Gasteiger partial charge in [-0.25, -0.2) is 0 Å². The molecule has 0 N–H and O–H groups in total. The highest BCUT2D eigenvalue weighted by Gasteiger charge is 2.09. The average molecular weight is 249 g/mol. The molecule has 0 radical (unpaired) electrons. The number of non-ortho nitro benzene ring substituents is 1. The molecule has 0 heterocycles. The van der Waals surface area contributed by atoms with Crippen LogP contribution in [0.25, 0.3) is 0 Å². The molecular formula is C15H23NO2. The minimum Gasteiger partial charge on any atom is -0.258 e. The lowest BCUT2D eigenvalue weighted by molar-refractivity contribution is -0.384. The van der Waals surface area contributed by atoms with E-state index in [-0.39, 0.29) is 10.6 Å². The van der Waals surface area contributed by atoms with Gasteiger partial charge in [0.05, 0.1) is 4.92 Å². The maximum Gasteiger partial charge on any atom is 0.269 e. The van der Waals surface area contributed by atoms with Crippen molar-refractivity contribution in [1.82, 2.24) is 0 Å². The minimum atomic E-state index is -0.322. The molecule has 0 aliphatic carbocycles. The Kier molecular flexibility index (Phi) is 6.40. The van der Waals surface area contributed by atoms with E-state index in [1.54, 1.807) is 18.2 Å². The number of hydrogen-bond donors (Lipinski definition) is 0. The van der Waals surface area contributed by atoms with Gasteiger partial charge in [0.2, 0.25) is 0 Å². The zero-order chi connectivity index (χ0) is 13.4. The van der Waals surface area contributed by atoms with Gasteiger partial charge in [-0.2, -0.15) is 0 Å². The molecule has 1 unspecified atom stereocenters. The monoisotopic (exact) mass is 249 g/mol. The van der Waals surface area contributed by atoms with E-state index < -0.39 is 0 Å². The van der Waals surface area contributed by atoms with E-state index in [9.17, 15) is 10.1 Å². The molecular weight excluding hydrogens is 226 g/mol. The SMILES string of the molecule is CCCCC(CC)CCc1cccc([N+](=O)[O-])c1. The lowest BCUT2D eigenvalue weighted by atomic mass is 9.92. The second kappa shape index (κ2) is 7.85. The van der Waals surface area contributed by atoms with Crippen molar-refractivity contribution in [3.05, 3.63) is 39.9 Å². The van der Waals surface area contributed by atoms with Crippen LogP contribution in [0.4, 0.5) is 5.69 Å². The lowest BCUT2D eigenvalue weighted by Gasteiger charge is -2.13. The van der Waals surface area contributed by atoms with Crippen LogP contribution in [0.15, 0.2) is 24.3 Å². The van der Waals surface area contributed by atoms with Crippen molar-refractivity contribution in [2.75, 3.05) is 0 Å². The standard InChI is InChI=1S/C15H23NO2/c1-3-5-7-13(4-2)10-11-14-8-6-9-15(12-14)16(17)18/h6,8-9,12-13H,3-5,7,10-11H2,1-2H3. The van der Waals surface area contributed by atoms with E-state index in [1.807, 2.05) is 6.07 Å². The fraction of sp³-hybridized carbons (Fsp3) is 0.600. The molecule has 0 saturated carbocycles. The number of rotatable bonds is 8. The highest BCUT2D eigenvalue weighted by Crippen LogP contribution is 2.21. The van der Waals surface area contributed by atoms with Crippen LogP contribution in [-0.2, 0) is 6.42 Å². The Labute approximate surface area is 109 Å². The van der Waals surface area contributed by atoms with Gasteiger partial charge in [0.15, 0.2) is 0 Å². The molecule has 1 aromatic carbocycles. The van der Waals surface area contributed by atoms with E-state index in [0.29, 0.717) is 0 Å². The van der Waals surface area contributed by atoms with E-state index in [4.69, 9.17) is 0 Å². The molecule has 0 aliphatic rings. The molecule has 1 rings (SSSR count). The van der Waals surface area contributed by atoms with Crippen LogP contribution in [0.5, 0.6) is 0 Å². The number of aryl methyl sites for hydroxylation is 1. The van der Waals surface area contributed by atoms with E-state index in [0.717, 1.165) is 24.3 Å². The Morgan fingerprint density at radius 3 is 2.67 bits per heavy atom. The molecule has 0 aliphatic heterocycles. The number of nitro groups is 1. The fourth-order valence-electron chi connectivity index (χ4n) is 2.24. The molecule has 0 spiro atoms. The summed E-state index contributed by atoms with van der Waals surface area (Å²) in [5.41, 5.74) is 1.29. The Morgan fingerprint density at radius 1 is 1.28 bits per heavy atom. The summed E-state index contributed by atoms with van der Waals surface area (Å²) in [5, 5.41) is 10.7. The maximum atomic E-state index is 10.7. The van der Waals surface area contributed by atoms with Gasteiger partial charge in [-0.15, -0.1) is 0 Å². The first-order valence-electron chi connectivity index (χ1n) is 6.90. The smallest absolute Gasteiger partial charge is 0.258 e. The van der Waals surface area contributed by atoms with Gasteiger partial charge < -0.3 is 0 Å². The quantitative estimate of drug-likeness (QED) is 0.493. The summed E-state index contributed by atoms with van der Waals surface area (Å²) in [7, 11) is 0. The predicted molar refractivity (Wildman–Crippen MR) is 74.7 cm³/mol. The van der Waals surface area contributed by atoms with Crippen molar-refractivity contribution in [2.24, 2.45) is 5.92 Å². The third-order valence-corrected chi connectivity index (χ3v) is 3.51. The molecule has 3 nitrogen and oxygen atoms in total. The van der Waals surface area contributed by atoms with Crippen LogP contribution in [0, 0.1) is 16.0 Å². The normalized spacial score (nSPS) is 12.3. The molecule has 0 bridgehead atoms. The molecule has 3 heteroatoms. The van der Waals surface area contributed by atoms with Gasteiger partial charge in [-0.1, -0.05) is 51.7 Å². The average Bonchev–Trinajstić information content (AvgIpc) is 2.39. The Hall–Kier alpha value is -1.38. The van der Waals surface area contributed by atoms with Crippen molar-refractivity contribution in [2.45, 2.75) is 52.4 Å². The van der Waals surface area contributed by atoms with Crippen LogP contribution < -0.4 is 0 Å². The van der Waals surface area contributed by atoms with Gasteiger partial charge in [-0.05, 0) is 24.3 Å². The summed E-state index contributed by atoms with van der Waals surface area (Å²) in [5.74, 6) is 0.754. The molecule has 0 fully saturated rings. The Balaban J connectivity index is 2.51. The Morgan fingerprint density at radius 2 is 2.06 bits per heavy atom. The molecule has 18 heavy (non-hydrogen) atoms. The van der Waals surface area contributed by atoms with Gasteiger partial charge in [-0.3, -0.25) is 10.1 Å². The van der Waals surface area contributed by atoms with Crippen molar-refractivity contribution in [1.29, 1.82) is 0 Å². The largest absolute Gasteiger partial charge is 0.269 e. The van der Waals surface area contributed by atoms with Gasteiger partial charge in [0.1, 0.15) is 0 Å². The van der Waals surface area contributed by atoms with E-state index in [1.165, 1.54) is 25.7 Å². The number of nitrogens with zero attached hydrogens (tertiary/aromatic N) is 1. The van der Waals surface area contributed by atoms with Crippen LogP contribution in [0.2, 0.25) is 0 Å². The first-order valence-corrected chi connectivity index (χ1v) is 6.90. The summed E-state index contributed by atoms with van der Waals surface area (Å²) in [4.78, 5) is 10.4. The van der Waals surface area contributed by atoms with Gasteiger partial charge in [0, 0.05) is 12.1 Å². The molecule has 0 amide bonds.